The highest BCUT2D eigenvalue weighted by molar-refractivity contribution is 5.62. The number of benzene rings is 1. The number of nitrogens with zero attached hydrogens (tertiary/aromatic N) is 2. The number of pyridine rings is 2. The van der Waals surface area contributed by atoms with Crippen LogP contribution in [0.2, 0.25) is 0 Å². The SMILES string of the molecule is NCc1ccccn1.c1ccc(-c2ccncc2)cc1. The third-order valence-electron chi connectivity index (χ3n) is 2.72. The standard InChI is InChI=1S/C11H9N.C6H8N2/c1-2-4-10(5-3-1)11-6-8-12-9-7-11;7-5-6-3-1-2-4-8-6/h1-9H;1-4H,5,7H2. The summed E-state index contributed by atoms with van der Waals surface area (Å²) in [5, 5.41) is 0. The van der Waals surface area contributed by atoms with Crippen molar-refractivity contribution >= 4 is 0 Å². The van der Waals surface area contributed by atoms with Gasteiger partial charge in [0.1, 0.15) is 0 Å². The van der Waals surface area contributed by atoms with Crippen molar-refractivity contribution in [3.05, 3.63) is 84.9 Å². The summed E-state index contributed by atoms with van der Waals surface area (Å²) in [6.07, 6.45) is 5.35. The van der Waals surface area contributed by atoms with Gasteiger partial charge in [-0.2, -0.15) is 0 Å². The lowest BCUT2D eigenvalue weighted by Gasteiger charge is -1.98. The topological polar surface area (TPSA) is 51.8 Å². The molecule has 3 nitrogen and oxygen atoms in total. The van der Waals surface area contributed by atoms with Crippen molar-refractivity contribution in [2.75, 3.05) is 0 Å². The molecule has 1 aromatic carbocycles. The number of nitrogens with two attached hydrogens (primary N) is 1. The summed E-state index contributed by atoms with van der Waals surface area (Å²) in [4.78, 5) is 7.94. The van der Waals surface area contributed by atoms with E-state index in [1.165, 1.54) is 11.1 Å². The van der Waals surface area contributed by atoms with E-state index in [0.29, 0.717) is 6.54 Å². The van der Waals surface area contributed by atoms with Gasteiger partial charge in [-0.1, -0.05) is 36.4 Å². The molecule has 0 saturated heterocycles. The van der Waals surface area contributed by atoms with Crippen LogP contribution in [0.4, 0.5) is 0 Å². The molecule has 0 radical (unpaired) electrons. The van der Waals surface area contributed by atoms with Crippen molar-refractivity contribution in [3.8, 4) is 11.1 Å². The molecule has 0 fully saturated rings. The smallest absolute Gasteiger partial charge is 0.0539 e. The van der Waals surface area contributed by atoms with Crippen molar-refractivity contribution < 1.29 is 0 Å². The molecule has 0 bridgehead atoms. The molecular formula is C17H17N3. The third-order valence-corrected chi connectivity index (χ3v) is 2.72. The zero-order chi connectivity index (χ0) is 14.0. The normalized spacial score (nSPS) is 9.45. The van der Waals surface area contributed by atoms with Gasteiger partial charge in [0.15, 0.2) is 0 Å². The third kappa shape index (κ3) is 4.30. The van der Waals surface area contributed by atoms with Crippen molar-refractivity contribution in [2.24, 2.45) is 5.73 Å². The first-order valence-electron chi connectivity index (χ1n) is 6.45. The Morgan fingerprint density at radius 2 is 1.35 bits per heavy atom. The van der Waals surface area contributed by atoms with E-state index in [4.69, 9.17) is 5.73 Å². The highest BCUT2D eigenvalue weighted by atomic mass is 14.7. The van der Waals surface area contributed by atoms with E-state index in [1.54, 1.807) is 6.20 Å². The Kier molecular flexibility index (Phi) is 5.43. The summed E-state index contributed by atoms with van der Waals surface area (Å²) in [6.45, 7) is 0.529. The molecule has 0 aliphatic carbocycles. The lowest BCUT2D eigenvalue weighted by Crippen LogP contribution is -1.97. The fourth-order valence-corrected chi connectivity index (χ4v) is 1.69. The van der Waals surface area contributed by atoms with Crippen LogP contribution in [0.1, 0.15) is 5.69 Å². The van der Waals surface area contributed by atoms with Gasteiger partial charge >= 0.3 is 0 Å². The van der Waals surface area contributed by atoms with E-state index in [1.807, 2.05) is 60.9 Å². The molecule has 2 aromatic heterocycles. The molecule has 2 N–H and O–H groups in total. The van der Waals surface area contributed by atoms with Crippen LogP contribution in [-0.4, -0.2) is 9.97 Å². The summed E-state index contributed by atoms with van der Waals surface area (Å²) < 4.78 is 0. The van der Waals surface area contributed by atoms with Crippen LogP contribution < -0.4 is 5.73 Å². The lowest BCUT2D eigenvalue weighted by atomic mass is 10.1. The summed E-state index contributed by atoms with van der Waals surface area (Å²) in [7, 11) is 0. The van der Waals surface area contributed by atoms with E-state index in [-0.39, 0.29) is 0 Å². The lowest BCUT2D eigenvalue weighted by molar-refractivity contribution is 0.991. The van der Waals surface area contributed by atoms with Gasteiger partial charge in [0.2, 0.25) is 0 Å². The second-order valence-electron chi connectivity index (χ2n) is 4.13. The largest absolute Gasteiger partial charge is 0.325 e. The van der Waals surface area contributed by atoms with Crippen LogP contribution in [-0.2, 0) is 6.54 Å². The Morgan fingerprint density at radius 1 is 0.700 bits per heavy atom. The van der Waals surface area contributed by atoms with E-state index < -0.39 is 0 Å². The predicted octanol–water partition coefficient (Wildman–Crippen LogP) is 3.29. The van der Waals surface area contributed by atoms with Crippen molar-refractivity contribution in [3.63, 3.8) is 0 Å². The number of aromatic nitrogens is 2. The first-order valence-corrected chi connectivity index (χ1v) is 6.45. The Morgan fingerprint density at radius 3 is 1.90 bits per heavy atom. The Hall–Kier alpha value is -2.52. The van der Waals surface area contributed by atoms with E-state index in [0.717, 1.165) is 5.69 Å². The fraction of sp³-hybridized carbons (Fsp3) is 0.0588. The van der Waals surface area contributed by atoms with Crippen LogP contribution >= 0.6 is 0 Å². The molecule has 100 valence electrons. The summed E-state index contributed by atoms with van der Waals surface area (Å²) in [5.41, 5.74) is 8.67. The second-order valence-corrected chi connectivity index (χ2v) is 4.13. The fourth-order valence-electron chi connectivity index (χ4n) is 1.69. The van der Waals surface area contributed by atoms with Crippen LogP contribution in [0.15, 0.2) is 79.3 Å². The number of hydrogen-bond donors (Lipinski definition) is 1. The Labute approximate surface area is 119 Å². The van der Waals surface area contributed by atoms with Gasteiger partial charge in [0.25, 0.3) is 0 Å². The summed E-state index contributed by atoms with van der Waals surface area (Å²) >= 11 is 0. The first-order chi connectivity index (χ1) is 9.90. The van der Waals surface area contributed by atoms with Gasteiger partial charge in [-0.3, -0.25) is 9.97 Å². The number of rotatable bonds is 2. The van der Waals surface area contributed by atoms with Crippen LogP contribution in [0.25, 0.3) is 11.1 Å². The van der Waals surface area contributed by atoms with Gasteiger partial charge in [0.05, 0.1) is 5.69 Å². The highest BCUT2D eigenvalue weighted by Crippen LogP contribution is 2.16. The van der Waals surface area contributed by atoms with Gasteiger partial charge in [-0.05, 0) is 35.4 Å². The van der Waals surface area contributed by atoms with Gasteiger partial charge in [0, 0.05) is 25.1 Å². The minimum atomic E-state index is 0.529. The Bertz CT molecular complexity index is 557. The molecule has 2 heterocycles. The zero-order valence-corrected chi connectivity index (χ0v) is 11.2. The monoisotopic (exact) mass is 263 g/mol. The molecule has 0 aliphatic rings. The molecule has 0 aliphatic heterocycles. The van der Waals surface area contributed by atoms with Gasteiger partial charge in [-0.15, -0.1) is 0 Å². The predicted molar refractivity (Wildman–Crippen MR) is 81.8 cm³/mol. The van der Waals surface area contributed by atoms with Crippen LogP contribution in [0.5, 0.6) is 0 Å². The van der Waals surface area contributed by atoms with E-state index >= 15 is 0 Å². The summed E-state index contributed by atoms with van der Waals surface area (Å²) in [5.74, 6) is 0. The maximum Gasteiger partial charge on any atom is 0.0539 e. The molecule has 0 unspecified atom stereocenters. The van der Waals surface area contributed by atoms with E-state index in [9.17, 15) is 0 Å². The molecular weight excluding hydrogens is 246 g/mol. The molecule has 0 amide bonds. The average Bonchev–Trinajstić information content (AvgIpc) is 2.58. The van der Waals surface area contributed by atoms with Crippen molar-refractivity contribution in [1.29, 1.82) is 0 Å². The van der Waals surface area contributed by atoms with Crippen molar-refractivity contribution in [2.45, 2.75) is 6.54 Å². The second kappa shape index (κ2) is 7.81. The zero-order valence-electron chi connectivity index (χ0n) is 11.2. The molecule has 20 heavy (non-hydrogen) atoms. The van der Waals surface area contributed by atoms with Gasteiger partial charge in [-0.25, -0.2) is 0 Å². The highest BCUT2D eigenvalue weighted by Gasteiger charge is 1.92. The first kappa shape index (κ1) is 13.9. The van der Waals surface area contributed by atoms with Crippen molar-refractivity contribution in [1.82, 2.24) is 9.97 Å². The molecule has 0 atom stereocenters. The molecule has 3 rings (SSSR count). The molecule has 0 spiro atoms. The molecule has 3 aromatic rings. The van der Waals surface area contributed by atoms with Crippen LogP contribution in [0.3, 0.4) is 0 Å². The van der Waals surface area contributed by atoms with E-state index in [2.05, 4.69) is 22.1 Å². The number of hydrogen-bond acceptors (Lipinski definition) is 3. The molecule has 3 heteroatoms. The minimum Gasteiger partial charge on any atom is -0.325 e. The maximum atomic E-state index is 5.29. The summed E-state index contributed by atoms with van der Waals surface area (Å²) in [6, 6.07) is 20.0. The maximum absolute atomic E-state index is 5.29. The quantitative estimate of drug-likeness (QED) is 0.772. The average molecular weight is 263 g/mol. The molecule has 0 saturated carbocycles. The Balaban J connectivity index is 0.000000160. The minimum absolute atomic E-state index is 0.529. The van der Waals surface area contributed by atoms with Crippen LogP contribution in [0, 0.1) is 0 Å². The van der Waals surface area contributed by atoms with Gasteiger partial charge < -0.3 is 5.73 Å².